The molecule has 2 aromatic rings. The Morgan fingerprint density at radius 3 is 2.39 bits per heavy atom. The average molecular weight is 425 g/mol. The Kier molecular flexibility index (Phi) is 6.69. The first-order valence-corrected chi connectivity index (χ1v) is 11.1. The summed E-state index contributed by atoms with van der Waals surface area (Å²) in [6, 6.07) is 13.1. The summed E-state index contributed by atoms with van der Waals surface area (Å²) in [4.78, 5) is 12.4. The molecule has 0 radical (unpaired) electrons. The summed E-state index contributed by atoms with van der Waals surface area (Å²) in [7, 11) is -3.62. The first-order valence-electron chi connectivity index (χ1n) is 9.08. The third kappa shape index (κ3) is 5.31. The van der Waals surface area contributed by atoms with Crippen LogP contribution in [0.1, 0.15) is 24.0 Å². The van der Waals surface area contributed by atoms with E-state index in [1.165, 1.54) is 22.5 Å². The number of carbonyl (C=O) groups excluding carboxylic acids is 1. The molecule has 0 spiro atoms. The van der Waals surface area contributed by atoms with Gasteiger partial charge in [0.25, 0.3) is 0 Å². The molecule has 1 fully saturated rings. The lowest BCUT2D eigenvalue weighted by molar-refractivity contribution is -0.126. The van der Waals surface area contributed by atoms with Gasteiger partial charge >= 0.3 is 0 Å². The van der Waals surface area contributed by atoms with E-state index in [2.05, 4.69) is 5.32 Å². The Labute approximate surface area is 169 Å². The number of amides is 1. The molecule has 1 saturated heterocycles. The van der Waals surface area contributed by atoms with Gasteiger partial charge in [0.1, 0.15) is 5.82 Å². The van der Waals surface area contributed by atoms with Crippen LogP contribution in [0.2, 0.25) is 5.02 Å². The van der Waals surface area contributed by atoms with Crippen LogP contribution < -0.4 is 5.32 Å². The van der Waals surface area contributed by atoms with E-state index in [4.69, 9.17) is 11.6 Å². The summed E-state index contributed by atoms with van der Waals surface area (Å²) in [5.74, 6) is -1.21. The monoisotopic (exact) mass is 424 g/mol. The molecule has 0 saturated carbocycles. The topological polar surface area (TPSA) is 66.5 Å². The van der Waals surface area contributed by atoms with E-state index >= 15 is 0 Å². The van der Waals surface area contributed by atoms with Crippen LogP contribution in [0, 0.1) is 11.7 Å². The highest BCUT2D eigenvalue weighted by atomic mass is 35.5. The van der Waals surface area contributed by atoms with Crippen molar-refractivity contribution >= 4 is 27.5 Å². The molecule has 2 aromatic carbocycles. The maximum absolute atomic E-state index is 13.8. The van der Waals surface area contributed by atoms with E-state index < -0.39 is 15.8 Å². The van der Waals surface area contributed by atoms with Gasteiger partial charge in [-0.25, -0.2) is 17.1 Å². The van der Waals surface area contributed by atoms with Crippen LogP contribution in [-0.2, 0) is 27.1 Å². The van der Waals surface area contributed by atoms with Gasteiger partial charge in [0.2, 0.25) is 15.9 Å². The fourth-order valence-electron chi connectivity index (χ4n) is 3.24. The Hall–Kier alpha value is -1.96. The molecule has 0 unspecified atom stereocenters. The molecule has 1 heterocycles. The normalized spacial score (nSPS) is 16.1. The predicted molar refractivity (Wildman–Crippen MR) is 107 cm³/mol. The Bertz CT molecular complexity index is 927. The minimum absolute atomic E-state index is 0.0823. The number of hydrogen-bond acceptors (Lipinski definition) is 3. The van der Waals surface area contributed by atoms with Crippen LogP contribution in [0.15, 0.2) is 48.5 Å². The number of nitrogens with one attached hydrogen (secondary N) is 1. The zero-order valence-corrected chi connectivity index (χ0v) is 16.8. The van der Waals surface area contributed by atoms with Gasteiger partial charge in [-0.15, -0.1) is 0 Å². The van der Waals surface area contributed by atoms with Crippen molar-refractivity contribution in [2.45, 2.75) is 25.1 Å². The van der Waals surface area contributed by atoms with Crippen molar-refractivity contribution in [3.63, 3.8) is 0 Å². The molecule has 1 amide bonds. The highest BCUT2D eigenvalue weighted by Crippen LogP contribution is 2.22. The number of hydrogen-bond donors (Lipinski definition) is 1. The van der Waals surface area contributed by atoms with E-state index in [9.17, 15) is 17.6 Å². The zero-order chi connectivity index (χ0) is 20.1. The lowest BCUT2D eigenvalue weighted by Crippen LogP contribution is -2.43. The van der Waals surface area contributed by atoms with Crippen LogP contribution in [0.5, 0.6) is 0 Å². The standard InChI is InChI=1S/C20H22ClFN2O3S/c21-18-7-5-15(6-8-18)13-23-20(25)16-9-11-24(12-10-16)28(26,27)14-17-3-1-2-4-19(17)22/h1-8,16H,9-14H2,(H,23,25). The average Bonchev–Trinajstić information content (AvgIpc) is 2.69. The van der Waals surface area contributed by atoms with E-state index in [1.54, 1.807) is 18.2 Å². The van der Waals surface area contributed by atoms with Crippen LogP contribution >= 0.6 is 11.6 Å². The predicted octanol–water partition coefficient (Wildman–Crippen LogP) is 3.34. The summed E-state index contributed by atoms with van der Waals surface area (Å²) in [5.41, 5.74) is 1.10. The van der Waals surface area contributed by atoms with Crippen molar-refractivity contribution in [2.75, 3.05) is 13.1 Å². The van der Waals surface area contributed by atoms with E-state index in [0.717, 1.165) is 5.56 Å². The van der Waals surface area contributed by atoms with Gasteiger partial charge in [0, 0.05) is 36.1 Å². The molecule has 0 aromatic heterocycles. The molecule has 150 valence electrons. The highest BCUT2D eigenvalue weighted by molar-refractivity contribution is 7.88. The quantitative estimate of drug-likeness (QED) is 0.773. The van der Waals surface area contributed by atoms with Gasteiger partial charge in [-0.3, -0.25) is 4.79 Å². The number of rotatable bonds is 6. The maximum atomic E-state index is 13.8. The molecular formula is C20H22ClFN2O3S. The second kappa shape index (κ2) is 9.03. The second-order valence-electron chi connectivity index (χ2n) is 6.87. The van der Waals surface area contributed by atoms with Crippen molar-refractivity contribution in [1.29, 1.82) is 0 Å². The molecule has 8 heteroatoms. The molecule has 5 nitrogen and oxygen atoms in total. The fraction of sp³-hybridized carbons (Fsp3) is 0.350. The lowest BCUT2D eigenvalue weighted by atomic mass is 9.97. The molecular weight excluding hydrogens is 403 g/mol. The van der Waals surface area contributed by atoms with Crippen molar-refractivity contribution in [2.24, 2.45) is 5.92 Å². The first kappa shape index (κ1) is 20.8. The largest absolute Gasteiger partial charge is 0.352 e. The minimum Gasteiger partial charge on any atom is -0.352 e. The van der Waals surface area contributed by atoms with Crippen LogP contribution in [0.25, 0.3) is 0 Å². The second-order valence-corrected chi connectivity index (χ2v) is 9.27. The summed E-state index contributed by atoms with van der Waals surface area (Å²) in [6.07, 6.45) is 0.895. The van der Waals surface area contributed by atoms with Gasteiger partial charge in [-0.05, 0) is 36.6 Å². The number of nitrogens with zero attached hydrogens (tertiary/aromatic N) is 1. The van der Waals surface area contributed by atoms with E-state index in [-0.39, 0.29) is 36.2 Å². The van der Waals surface area contributed by atoms with Crippen LogP contribution in [0.3, 0.4) is 0 Å². The van der Waals surface area contributed by atoms with Crippen molar-refractivity contribution in [3.05, 3.63) is 70.5 Å². The van der Waals surface area contributed by atoms with Gasteiger partial charge in [0.05, 0.1) is 5.75 Å². The van der Waals surface area contributed by atoms with Crippen molar-refractivity contribution in [3.8, 4) is 0 Å². The Morgan fingerprint density at radius 2 is 1.75 bits per heavy atom. The fourth-order valence-corrected chi connectivity index (χ4v) is 4.94. The number of benzene rings is 2. The molecule has 0 bridgehead atoms. The summed E-state index contributed by atoms with van der Waals surface area (Å²) in [6.45, 7) is 0.924. The molecule has 3 rings (SSSR count). The Morgan fingerprint density at radius 1 is 1.11 bits per heavy atom. The SMILES string of the molecule is O=C(NCc1ccc(Cl)cc1)C1CCN(S(=O)(=O)Cc2ccccc2F)CC1. The number of piperidine rings is 1. The van der Waals surface area contributed by atoms with Crippen LogP contribution in [0.4, 0.5) is 4.39 Å². The molecule has 0 atom stereocenters. The smallest absolute Gasteiger partial charge is 0.223 e. The maximum Gasteiger partial charge on any atom is 0.223 e. The van der Waals surface area contributed by atoms with E-state index in [1.807, 2.05) is 12.1 Å². The number of sulfonamides is 1. The van der Waals surface area contributed by atoms with Crippen molar-refractivity contribution < 1.29 is 17.6 Å². The lowest BCUT2D eigenvalue weighted by Gasteiger charge is -2.30. The summed E-state index contributed by atoms with van der Waals surface area (Å²) in [5, 5.41) is 3.53. The van der Waals surface area contributed by atoms with E-state index in [0.29, 0.717) is 24.4 Å². The third-order valence-electron chi connectivity index (χ3n) is 4.89. The summed E-state index contributed by atoms with van der Waals surface area (Å²) >= 11 is 5.84. The molecule has 1 aliphatic heterocycles. The first-order chi connectivity index (χ1) is 13.3. The van der Waals surface area contributed by atoms with Gasteiger partial charge in [0.15, 0.2) is 0 Å². The summed E-state index contributed by atoms with van der Waals surface area (Å²) < 4.78 is 40.2. The third-order valence-corrected chi connectivity index (χ3v) is 6.97. The van der Waals surface area contributed by atoms with Crippen molar-refractivity contribution in [1.82, 2.24) is 9.62 Å². The zero-order valence-electron chi connectivity index (χ0n) is 15.3. The minimum atomic E-state index is -3.62. The Balaban J connectivity index is 1.51. The molecule has 0 aliphatic carbocycles. The highest BCUT2D eigenvalue weighted by Gasteiger charge is 2.31. The van der Waals surface area contributed by atoms with Gasteiger partial charge in [-0.2, -0.15) is 0 Å². The molecule has 1 N–H and O–H groups in total. The van der Waals surface area contributed by atoms with Crippen LogP contribution in [-0.4, -0.2) is 31.7 Å². The number of halogens is 2. The molecule has 1 aliphatic rings. The molecule has 28 heavy (non-hydrogen) atoms. The van der Waals surface area contributed by atoms with Gasteiger partial charge in [-0.1, -0.05) is 41.9 Å². The number of carbonyl (C=O) groups is 1. The van der Waals surface area contributed by atoms with Gasteiger partial charge < -0.3 is 5.32 Å².